The summed E-state index contributed by atoms with van der Waals surface area (Å²) in [6.07, 6.45) is -4.61. The van der Waals surface area contributed by atoms with E-state index >= 15 is 0 Å². The van der Waals surface area contributed by atoms with E-state index in [4.69, 9.17) is 4.52 Å². The van der Waals surface area contributed by atoms with Gasteiger partial charge in [0.2, 0.25) is 5.89 Å². The molecule has 0 aliphatic carbocycles. The number of halogens is 4. The van der Waals surface area contributed by atoms with Crippen molar-refractivity contribution in [3.63, 3.8) is 0 Å². The van der Waals surface area contributed by atoms with Crippen LogP contribution >= 0.6 is 15.9 Å². The number of hydrogen-bond acceptors (Lipinski definition) is 3. The smallest absolute Gasteiger partial charge is 0.338 e. The highest BCUT2D eigenvalue weighted by Crippen LogP contribution is 2.25. The maximum atomic E-state index is 11.9. The fraction of sp³-hybridized carbons (Fsp3) is 0.750. The molecule has 1 aromatic rings. The number of rotatable bonds is 4. The Balaban J connectivity index is 2.53. The highest BCUT2D eigenvalue weighted by Gasteiger charge is 2.27. The summed E-state index contributed by atoms with van der Waals surface area (Å²) in [5.74, 6) is 0.426. The normalized spacial score (nSPS) is 14.2. The van der Waals surface area contributed by atoms with Crippen molar-refractivity contribution in [1.82, 2.24) is 10.1 Å². The molecule has 1 aromatic heterocycles. The Morgan fingerprint density at radius 1 is 1.47 bits per heavy atom. The SMILES string of the molecule is CCC(Br)c1nc(CCC(F)(F)F)no1. The van der Waals surface area contributed by atoms with Crippen molar-refractivity contribution in [2.24, 2.45) is 0 Å². The van der Waals surface area contributed by atoms with Gasteiger partial charge in [0.25, 0.3) is 0 Å². The van der Waals surface area contributed by atoms with E-state index in [0.717, 1.165) is 6.42 Å². The second-order valence-corrected chi connectivity index (χ2v) is 4.15. The third kappa shape index (κ3) is 4.19. The number of aryl methyl sites for hydroxylation is 1. The Morgan fingerprint density at radius 3 is 2.67 bits per heavy atom. The van der Waals surface area contributed by atoms with Crippen LogP contribution in [-0.4, -0.2) is 16.3 Å². The van der Waals surface area contributed by atoms with Gasteiger partial charge < -0.3 is 4.52 Å². The molecule has 0 aliphatic rings. The number of nitrogens with zero attached hydrogens (tertiary/aromatic N) is 2. The largest absolute Gasteiger partial charge is 0.389 e. The van der Waals surface area contributed by atoms with Crippen LogP contribution in [0.2, 0.25) is 0 Å². The summed E-state index contributed by atoms with van der Waals surface area (Å²) in [4.78, 5) is 3.77. The predicted octanol–water partition coefficient (Wildman–Crippen LogP) is 3.41. The molecule has 1 rings (SSSR count). The van der Waals surface area contributed by atoms with Crippen molar-refractivity contribution >= 4 is 15.9 Å². The summed E-state index contributed by atoms with van der Waals surface area (Å²) in [7, 11) is 0. The van der Waals surface area contributed by atoms with Crippen molar-refractivity contribution in [2.45, 2.75) is 37.2 Å². The van der Waals surface area contributed by atoms with Crippen molar-refractivity contribution in [3.8, 4) is 0 Å². The molecular weight excluding hydrogens is 277 g/mol. The molecule has 0 aliphatic heterocycles. The fourth-order valence-corrected chi connectivity index (χ4v) is 1.11. The molecule has 1 unspecified atom stereocenters. The van der Waals surface area contributed by atoms with Gasteiger partial charge in [-0.25, -0.2) is 0 Å². The molecule has 15 heavy (non-hydrogen) atoms. The Hall–Kier alpha value is -0.590. The van der Waals surface area contributed by atoms with Crippen LogP contribution in [0.4, 0.5) is 13.2 Å². The Kier molecular flexibility index (Phi) is 4.12. The zero-order chi connectivity index (χ0) is 11.5. The zero-order valence-corrected chi connectivity index (χ0v) is 9.60. The van der Waals surface area contributed by atoms with E-state index in [1.54, 1.807) is 0 Å². The number of hydrogen-bond donors (Lipinski definition) is 0. The van der Waals surface area contributed by atoms with Gasteiger partial charge in [-0.3, -0.25) is 0 Å². The minimum Gasteiger partial charge on any atom is -0.338 e. The lowest BCUT2D eigenvalue weighted by molar-refractivity contribution is -0.134. The molecule has 0 saturated carbocycles. The first-order chi connectivity index (χ1) is 6.92. The predicted molar refractivity (Wildman–Crippen MR) is 50.6 cm³/mol. The minimum atomic E-state index is -4.18. The maximum Gasteiger partial charge on any atom is 0.389 e. The van der Waals surface area contributed by atoms with E-state index in [1.807, 2.05) is 6.92 Å². The lowest BCUT2D eigenvalue weighted by Gasteiger charge is -2.02. The molecule has 7 heteroatoms. The maximum absolute atomic E-state index is 11.9. The molecule has 0 amide bonds. The molecule has 3 nitrogen and oxygen atoms in total. The van der Waals surface area contributed by atoms with E-state index in [0.29, 0.717) is 5.89 Å². The van der Waals surface area contributed by atoms with E-state index in [9.17, 15) is 13.2 Å². The Morgan fingerprint density at radius 2 is 2.13 bits per heavy atom. The molecule has 0 fully saturated rings. The van der Waals surface area contributed by atoms with Gasteiger partial charge in [0.1, 0.15) is 0 Å². The van der Waals surface area contributed by atoms with Crippen LogP contribution in [0.25, 0.3) is 0 Å². The third-order valence-electron chi connectivity index (χ3n) is 1.74. The first kappa shape index (κ1) is 12.5. The average Bonchev–Trinajstić information content (AvgIpc) is 2.61. The summed E-state index contributed by atoms with van der Waals surface area (Å²) in [6, 6.07) is 0. The summed E-state index contributed by atoms with van der Waals surface area (Å²) in [5.41, 5.74) is 0. The van der Waals surface area contributed by atoms with E-state index in [2.05, 4.69) is 26.1 Å². The van der Waals surface area contributed by atoms with E-state index in [-0.39, 0.29) is 17.1 Å². The van der Waals surface area contributed by atoms with Crippen LogP contribution in [0.5, 0.6) is 0 Å². The average molecular weight is 287 g/mol. The van der Waals surface area contributed by atoms with E-state index < -0.39 is 12.6 Å². The number of alkyl halides is 4. The summed E-state index contributed by atoms with van der Waals surface area (Å²) < 4.78 is 40.4. The standard InChI is InChI=1S/C8H10BrF3N2O/c1-2-5(9)7-13-6(14-15-7)3-4-8(10,11)12/h5H,2-4H2,1H3. The van der Waals surface area contributed by atoms with Gasteiger partial charge in [-0.1, -0.05) is 28.0 Å². The van der Waals surface area contributed by atoms with Crippen molar-refractivity contribution in [3.05, 3.63) is 11.7 Å². The summed E-state index contributed by atoms with van der Waals surface area (Å²) in [5, 5.41) is 3.47. The van der Waals surface area contributed by atoms with Crippen LogP contribution in [-0.2, 0) is 6.42 Å². The van der Waals surface area contributed by atoms with Crippen LogP contribution in [0, 0.1) is 0 Å². The first-order valence-electron chi connectivity index (χ1n) is 4.45. The highest BCUT2D eigenvalue weighted by atomic mass is 79.9. The number of aromatic nitrogens is 2. The minimum absolute atomic E-state index is 0.0929. The lowest BCUT2D eigenvalue weighted by Crippen LogP contribution is -2.09. The van der Waals surface area contributed by atoms with Gasteiger partial charge in [-0.15, -0.1) is 0 Å². The molecule has 0 N–H and O–H groups in total. The van der Waals surface area contributed by atoms with Gasteiger partial charge in [-0.05, 0) is 6.42 Å². The quantitative estimate of drug-likeness (QED) is 0.796. The highest BCUT2D eigenvalue weighted by molar-refractivity contribution is 9.09. The Bertz CT molecular complexity index is 313. The molecular formula is C8H10BrF3N2O. The van der Waals surface area contributed by atoms with Gasteiger partial charge in [0.15, 0.2) is 5.82 Å². The molecule has 0 spiro atoms. The van der Waals surface area contributed by atoms with Crippen molar-refractivity contribution < 1.29 is 17.7 Å². The summed E-state index contributed by atoms with van der Waals surface area (Å²) in [6.45, 7) is 1.90. The second-order valence-electron chi connectivity index (χ2n) is 3.04. The van der Waals surface area contributed by atoms with E-state index in [1.165, 1.54) is 0 Å². The lowest BCUT2D eigenvalue weighted by atomic mass is 10.3. The Labute approximate surface area is 93.2 Å². The van der Waals surface area contributed by atoms with Gasteiger partial charge >= 0.3 is 6.18 Å². The molecule has 86 valence electrons. The molecule has 0 bridgehead atoms. The molecule has 1 atom stereocenters. The monoisotopic (exact) mass is 286 g/mol. The second kappa shape index (κ2) is 4.96. The van der Waals surface area contributed by atoms with Gasteiger partial charge in [0.05, 0.1) is 11.2 Å². The van der Waals surface area contributed by atoms with Crippen LogP contribution in [0.3, 0.4) is 0 Å². The van der Waals surface area contributed by atoms with Crippen LogP contribution in [0.15, 0.2) is 4.52 Å². The van der Waals surface area contributed by atoms with Crippen LogP contribution in [0.1, 0.15) is 36.3 Å². The van der Waals surface area contributed by atoms with Crippen molar-refractivity contribution in [1.29, 1.82) is 0 Å². The molecule has 0 radical (unpaired) electrons. The van der Waals surface area contributed by atoms with Crippen LogP contribution < -0.4 is 0 Å². The van der Waals surface area contributed by atoms with Gasteiger partial charge in [-0.2, -0.15) is 18.2 Å². The fourth-order valence-electron chi connectivity index (χ4n) is 0.924. The molecule has 0 aromatic carbocycles. The first-order valence-corrected chi connectivity index (χ1v) is 5.37. The third-order valence-corrected chi connectivity index (χ3v) is 2.78. The summed E-state index contributed by atoms with van der Waals surface area (Å²) >= 11 is 3.27. The molecule has 1 heterocycles. The topological polar surface area (TPSA) is 38.9 Å². The van der Waals surface area contributed by atoms with Gasteiger partial charge in [0, 0.05) is 6.42 Å². The van der Waals surface area contributed by atoms with Crippen molar-refractivity contribution in [2.75, 3.05) is 0 Å². The zero-order valence-electron chi connectivity index (χ0n) is 8.01. The molecule has 0 saturated heterocycles.